The van der Waals surface area contributed by atoms with Crippen molar-refractivity contribution in [3.8, 4) is 11.4 Å². The monoisotopic (exact) mass is 367 g/mol. The lowest BCUT2D eigenvalue weighted by Crippen LogP contribution is -2.32. The van der Waals surface area contributed by atoms with Gasteiger partial charge in [0.05, 0.1) is 0 Å². The van der Waals surface area contributed by atoms with Crippen molar-refractivity contribution in [2.75, 3.05) is 11.4 Å². The Bertz CT molecular complexity index is 938. The number of halogens is 1. The second kappa shape index (κ2) is 7.30. The molecular formula is C20H18ClN3O2. The van der Waals surface area contributed by atoms with Crippen LogP contribution in [0.2, 0.25) is 5.02 Å². The highest BCUT2D eigenvalue weighted by Gasteiger charge is 2.22. The smallest absolute Gasteiger partial charge is 0.228 e. The van der Waals surface area contributed by atoms with Crippen molar-refractivity contribution < 1.29 is 9.32 Å². The number of benzene rings is 2. The van der Waals surface area contributed by atoms with Crippen LogP contribution < -0.4 is 4.90 Å². The second-order valence-corrected chi connectivity index (χ2v) is 6.74. The molecule has 6 heteroatoms. The van der Waals surface area contributed by atoms with Gasteiger partial charge in [-0.15, -0.1) is 0 Å². The summed E-state index contributed by atoms with van der Waals surface area (Å²) in [6.07, 6.45) is 2.88. The molecule has 0 bridgehead atoms. The Morgan fingerprint density at radius 1 is 1.12 bits per heavy atom. The fraction of sp³-hybridized carbons (Fsp3) is 0.250. The van der Waals surface area contributed by atoms with Crippen LogP contribution >= 0.6 is 11.6 Å². The lowest BCUT2D eigenvalue weighted by Gasteiger charge is -2.22. The Hall–Kier alpha value is -2.66. The minimum Gasteiger partial charge on any atom is -0.339 e. The molecule has 1 amide bonds. The van der Waals surface area contributed by atoms with Gasteiger partial charge in [-0.2, -0.15) is 4.98 Å². The molecular weight excluding hydrogens is 350 g/mol. The van der Waals surface area contributed by atoms with Crippen LogP contribution in [0.15, 0.2) is 53.1 Å². The molecule has 5 nitrogen and oxygen atoms in total. The van der Waals surface area contributed by atoms with Gasteiger partial charge in [-0.1, -0.05) is 47.1 Å². The first kappa shape index (κ1) is 16.8. The van der Waals surface area contributed by atoms with Gasteiger partial charge in [0.1, 0.15) is 0 Å². The Morgan fingerprint density at radius 2 is 2.00 bits per heavy atom. The number of para-hydroxylation sites is 1. The lowest BCUT2D eigenvalue weighted by atomic mass is 10.1. The van der Waals surface area contributed by atoms with Gasteiger partial charge < -0.3 is 9.42 Å². The fourth-order valence-corrected chi connectivity index (χ4v) is 3.43. The zero-order valence-corrected chi connectivity index (χ0v) is 14.9. The molecule has 0 N–H and O–H groups in total. The molecule has 0 fully saturated rings. The number of anilines is 1. The van der Waals surface area contributed by atoms with Gasteiger partial charge in [0.25, 0.3) is 0 Å². The number of aryl methyl sites for hydroxylation is 1. The van der Waals surface area contributed by atoms with Crippen molar-refractivity contribution in [1.29, 1.82) is 0 Å². The molecule has 4 rings (SSSR count). The number of fused-ring (bicyclic) bond motifs is 1. The number of carbonyl (C=O) groups is 1. The summed E-state index contributed by atoms with van der Waals surface area (Å²) in [7, 11) is 0. The van der Waals surface area contributed by atoms with E-state index in [0.29, 0.717) is 36.1 Å². The van der Waals surface area contributed by atoms with Crippen LogP contribution in [0.5, 0.6) is 0 Å². The van der Waals surface area contributed by atoms with Gasteiger partial charge >= 0.3 is 0 Å². The normalized spacial score (nSPS) is 14.2. The standard InChI is InChI=1S/C20H18ClN3O2/c21-16-8-3-7-15(13-16)20-22-18(26-23-20)11-12-24-17-9-2-1-5-14(17)6-4-10-19(24)25/h1-3,5,7-9,13H,4,6,10-12H2. The molecule has 2 heterocycles. The van der Waals surface area contributed by atoms with E-state index in [-0.39, 0.29) is 5.91 Å². The molecule has 0 saturated heterocycles. The molecule has 3 aromatic rings. The van der Waals surface area contributed by atoms with Gasteiger partial charge in [-0.3, -0.25) is 4.79 Å². The number of carbonyl (C=O) groups excluding carboxylic acids is 1. The summed E-state index contributed by atoms with van der Waals surface area (Å²) in [4.78, 5) is 18.8. The first-order chi connectivity index (χ1) is 12.7. The van der Waals surface area contributed by atoms with E-state index in [1.165, 1.54) is 5.56 Å². The van der Waals surface area contributed by atoms with E-state index in [1.54, 1.807) is 12.1 Å². The molecule has 26 heavy (non-hydrogen) atoms. The van der Waals surface area contributed by atoms with Crippen molar-refractivity contribution in [2.45, 2.75) is 25.7 Å². The highest BCUT2D eigenvalue weighted by molar-refractivity contribution is 6.30. The first-order valence-electron chi connectivity index (χ1n) is 8.67. The third-order valence-electron chi connectivity index (χ3n) is 4.52. The number of nitrogens with zero attached hydrogens (tertiary/aromatic N) is 3. The minimum absolute atomic E-state index is 0.143. The van der Waals surface area contributed by atoms with Gasteiger partial charge in [-0.05, 0) is 36.6 Å². The van der Waals surface area contributed by atoms with Crippen LogP contribution in [-0.2, 0) is 17.6 Å². The predicted molar refractivity (Wildman–Crippen MR) is 100 cm³/mol. The fourth-order valence-electron chi connectivity index (χ4n) is 3.24. The summed E-state index contributed by atoms with van der Waals surface area (Å²) in [6.45, 7) is 0.521. The van der Waals surface area contributed by atoms with Gasteiger partial charge in [0, 0.05) is 35.7 Å². The van der Waals surface area contributed by atoms with Crippen LogP contribution in [0.1, 0.15) is 24.3 Å². The molecule has 132 valence electrons. The van der Waals surface area contributed by atoms with Crippen molar-refractivity contribution in [3.63, 3.8) is 0 Å². The topological polar surface area (TPSA) is 59.2 Å². The van der Waals surface area contributed by atoms with E-state index >= 15 is 0 Å². The number of hydrogen-bond acceptors (Lipinski definition) is 4. The van der Waals surface area contributed by atoms with Crippen molar-refractivity contribution in [1.82, 2.24) is 10.1 Å². The number of hydrogen-bond donors (Lipinski definition) is 0. The highest BCUT2D eigenvalue weighted by atomic mass is 35.5. The Balaban J connectivity index is 1.51. The largest absolute Gasteiger partial charge is 0.339 e. The first-order valence-corrected chi connectivity index (χ1v) is 9.05. The van der Waals surface area contributed by atoms with Gasteiger partial charge in [0.15, 0.2) is 0 Å². The molecule has 0 saturated carbocycles. The minimum atomic E-state index is 0.143. The molecule has 1 aromatic heterocycles. The third kappa shape index (κ3) is 3.48. The van der Waals surface area contributed by atoms with E-state index in [4.69, 9.17) is 16.1 Å². The van der Waals surface area contributed by atoms with E-state index < -0.39 is 0 Å². The molecule has 0 aliphatic carbocycles. The summed E-state index contributed by atoms with van der Waals surface area (Å²) >= 11 is 6.01. The summed E-state index contributed by atoms with van der Waals surface area (Å²) in [5.41, 5.74) is 3.01. The zero-order chi connectivity index (χ0) is 17.9. The molecule has 2 aromatic carbocycles. The summed E-state index contributed by atoms with van der Waals surface area (Å²) in [5, 5.41) is 4.65. The van der Waals surface area contributed by atoms with Crippen LogP contribution in [0.3, 0.4) is 0 Å². The summed E-state index contributed by atoms with van der Waals surface area (Å²) in [6, 6.07) is 15.4. The molecule has 1 aliphatic rings. The predicted octanol–water partition coefficient (Wildman–Crippen LogP) is 4.30. The van der Waals surface area contributed by atoms with Gasteiger partial charge in [-0.25, -0.2) is 0 Å². The average molecular weight is 368 g/mol. The zero-order valence-electron chi connectivity index (χ0n) is 14.2. The van der Waals surface area contributed by atoms with Crippen LogP contribution in [-0.4, -0.2) is 22.6 Å². The van der Waals surface area contributed by atoms with E-state index in [1.807, 2.05) is 35.2 Å². The average Bonchev–Trinajstić information content (AvgIpc) is 3.06. The van der Waals surface area contributed by atoms with E-state index in [2.05, 4.69) is 16.2 Å². The van der Waals surface area contributed by atoms with Crippen LogP contribution in [0.4, 0.5) is 5.69 Å². The Kier molecular flexibility index (Phi) is 4.71. The van der Waals surface area contributed by atoms with Gasteiger partial charge in [0.2, 0.25) is 17.6 Å². The maximum Gasteiger partial charge on any atom is 0.228 e. The summed E-state index contributed by atoms with van der Waals surface area (Å²) in [5.74, 6) is 1.16. The molecule has 0 atom stereocenters. The Morgan fingerprint density at radius 3 is 2.88 bits per heavy atom. The lowest BCUT2D eigenvalue weighted by molar-refractivity contribution is -0.118. The number of aromatic nitrogens is 2. The Labute approximate surface area is 156 Å². The van der Waals surface area contributed by atoms with Crippen LogP contribution in [0.25, 0.3) is 11.4 Å². The van der Waals surface area contributed by atoms with Crippen molar-refractivity contribution in [3.05, 3.63) is 65.0 Å². The third-order valence-corrected chi connectivity index (χ3v) is 4.76. The van der Waals surface area contributed by atoms with E-state index in [9.17, 15) is 4.79 Å². The molecule has 1 aliphatic heterocycles. The van der Waals surface area contributed by atoms with Crippen molar-refractivity contribution in [2.24, 2.45) is 0 Å². The second-order valence-electron chi connectivity index (χ2n) is 6.30. The maximum atomic E-state index is 12.5. The molecule has 0 unspecified atom stereocenters. The van der Waals surface area contributed by atoms with Crippen molar-refractivity contribution >= 4 is 23.2 Å². The number of amides is 1. The quantitative estimate of drug-likeness (QED) is 0.689. The SMILES string of the molecule is O=C1CCCc2ccccc2N1CCc1nc(-c2cccc(Cl)c2)no1. The van der Waals surface area contributed by atoms with E-state index in [0.717, 1.165) is 24.1 Å². The summed E-state index contributed by atoms with van der Waals surface area (Å²) < 4.78 is 5.36. The molecule has 0 spiro atoms. The van der Waals surface area contributed by atoms with Crippen LogP contribution in [0, 0.1) is 0 Å². The number of rotatable bonds is 4. The highest BCUT2D eigenvalue weighted by Crippen LogP contribution is 2.27. The maximum absolute atomic E-state index is 12.5. The molecule has 0 radical (unpaired) electrons.